The molecular weight excluding hydrogens is 321 g/mol. The van der Waals surface area contributed by atoms with E-state index in [4.69, 9.17) is 0 Å². The van der Waals surface area contributed by atoms with Crippen molar-refractivity contribution in [3.05, 3.63) is 66.0 Å². The van der Waals surface area contributed by atoms with E-state index in [0.717, 1.165) is 11.1 Å². The number of likely N-dealkylation sites (N-methyl/N-ethyl adjacent to an activating group) is 1. The van der Waals surface area contributed by atoms with Gasteiger partial charge in [0.25, 0.3) is 0 Å². The van der Waals surface area contributed by atoms with Gasteiger partial charge in [-0.2, -0.15) is 4.80 Å². The van der Waals surface area contributed by atoms with Gasteiger partial charge < -0.3 is 4.90 Å². The molecule has 3 aromatic rings. The molecule has 0 saturated carbocycles. The highest BCUT2D eigenvalue weighted by Crippen LogP contribution is 2.12. The van der Waals surface area contributed by atoms with Gasteiger partial charge in [-0.1, -0.05) is 42.5 Å². The molecule has 3 rings (SSSR count). The third kappa shape index (κ3) is 4.26. The van der Waals surface area contributed by atoms with Crippen LogP contribution in [0.2, 0.25) is 0 Å². The van der Waals surface area contributed by atoms with E-state index in [1.165, 1.54) is 16.9 Å². The van der Waals surface area contributed by atoms with Gasteiger partial charge in [0.05, 0.1) is 0 Å². The number of amides is 1. The fourth-order valence-electron chi connectivity index (χ4n) is 2.47. The van der Waals surface area contributed by atoms with Gasteiger partial charge >= 0.3 is 0 Å². The molecule has 6 nitrogen and oxygen atoms in total. The molecule has 7 heteroatoms. The molecule has 25 heavy (non-hydrogen) atoms. The van der Waals surface area contributed by atoms with Gasteiger partial charge in [0, 0.05) is 18.7 Å². The maximum Gasteiger partial charge on any atom is 0.246 e. The molecule has 1 amide bonds. The lowest BCUT2D eigenvalue weighted by molar-refractivity contribution is -0.132. The van der Waals surface area contributed by atoms with Crippen LogP contribution in [0.4, 0.5) is 4.39 Å². The molecule has 0 aliphatic rings. The monoisotopic (exact) mass is 339 g/mol. The molecule has 0 spiro atoms. The van der Waals surface area contributed by atoms with Gasteiger partial charge in [-0.3, -0.25) is 4.79 Å². The van der Waals surface area contributed by atoms with Crippen LogP contribution < -0.4 is 0 Å². The van der Waals surface area contributed by atoms with Crippen molar-refractivity contribution in [2.45, 2.75) is 20.0 Å². The third-order valence-electron chi connectivity index (χ3n) is 3.76. The number of aromatic nitrogens is 4. The number of halogens is 1. The van der Waals surface area contributed by atoms with Crippen molar-refractivity contribution >= 4 is 5.91 Å². The van der Waals surface area contributed by atoms with Crippen molar-refractivity contribution in [3.63, 3.8) is 0 Å². The summed E-state index contributed by atoms with van der Waals surface area (Å²) in [5.41, 5.74) is 1.58. The summed E-state index contributed by atoms with van der Waals surface area (Å²) in [4.78, 5) is 15.4. The maximum absolute atomic E-state index is 13.3. The van der Waals surface area contributed by atoms with E-state index in [1.807, 2.05) is 37.3 Å². The first-order chi connectivity index (χ1) is 12.2. The molecule has 2 aromatic carbocycles. The Morgan fingerprint density at radius 1 is 1.16 bits per heavy atom. The van der Waals surface area contributed by atoms with Crippen LogP contribution in [-0.4, -0.2) is 37.6 Å². The summed E-state index contributed by atoms with van der Waals surface area (Å²) in [6.45, 7) is 2.72. The molecule has 0 bridgehead atoms. The highest BCUT2D eigenvalue weighted by molar-refractivity contribution is 5.75. The maximum atomic E-state index is 13.3. The number of nitrogens with zero attached hydrogens (tertiary/aromatic N) is 5. The van der Waals surface area contributed by atoms with E-state index in [-0.39, 0.29) is 18.3 Å². The van der Waals surface area contributed by atoms with Crippen LogP contribution in [0.1, 0.15) is 12.5 Å². The number of benzene rings is 2. The van der Waals surface area contributed by atoms with Crippen LogP contribution in [0.25, 0.3) is 11.4 Å². The normalized spacial score (nSPS) is 10.6. The van der Waals surface area contributed by atoms with Crippen LogP contribution in [0, 0.1) is 5.82 Å². The molecule has 128 valence electrons. The molecule has 0 aliphatic carbocycles. The predicted octanol–water partition coefficient (Wildman–Crippen LogP) is 2.53. The summed E-state index contributed by atoms with van der Waals surface area (Å²) < 4.78 is 13.3. The molecule has 0 unspecified atom stereocenters. The molecule has 0 aliphatic heterocycles. The fraction of sp³-hybridized carbons (Fsp3) is 0.222. The number of carbonyl (C=O) groups is 1. The first-order valence-electron chi connectivity index (χ1n) is 8.01. The summed E-state index contributed by atoms with van der Waals surface area (Å²) in [6, 6.07) is 15.7. The molecule has 0 N–H and O–H groups in total. The average molecular weight is 339 g/mol. The van der Waals surface area contributed by atoms with E-state index in [9.17, 15) is 9.18 Å². The standard InChI is InChI=1S/C18H18FN5O/c1-2-23(12-14-7-6-10-16(19)11-14)17(25)13-24-21-18(20-22-24)15-8-4-3-5-9-15/h3-11H,2,12-13H2,1H3. The molecule has 0 fully saturated rings. The molecular formula is C18H18FN5O. The Kier molecular flexibility index (Phi) is 5.13. The Morgan fingerprint density at radius 2 is 1.96 bits per heavy atom. The van der Waals surface area contributed by atoms with Crippen molar-refractivity contribution in [2.75, 3.05) is 6.54 Å². The smallest absolute Gasteiger partial charge is 0.246 e. The zero-order valence-electron chi connectivity index (χ0n) is 13.8. The van der Waals surface area contributed by atoms with E-state index in [0.29, 0.717) is 18.9 Å². The average Bonchev–Trinajstić information content (AvgIpc) is 3.09. The number of rotatable bonds is 6. The number of hydrogen-bond donors (Lipinski definition) is 0. The van der Waals surface area contributed by atoms with Crippen LogP contribution in [0.5, 0.6) is 0 Å². The highest BCUT2D eigenvalue weighted by atomic mass is 19.1. The topological polar surface area (TPSA) is 63.9 Å². The second-order valence-electron chi connectivity index (χ2n) is 5.55. The Bertz CT molecular complexity index is 849. The molecule has 1 heterocycles. The quantitative estimate of drug-likeness (QED) is 0.692. The van der Waals surface area contributed by atoms with E-state index in [2.05, 4.69) is 15.4 Å². The van der Waals surface area contributed by atoms with Crippen LogP contribution >= 0.6 is 0 Å². The Hall–Kier alpha value is -3.09. The van der Waals surface area contributed by atoms with Crippen LogP contribution in [0.3, 0.4) is 0 Å². The summed E-state index contributed by atoms with van der Waals surface area (Å²) in [6.07, 6.45) is 0. The summed E-state index contributed by atoms with van der Waals surface area (Å²) in [5.74, 6) is 0.0109. The van der Waals surface area contributed by atoms with Crippen molar-refractivity contribution in [1.29, 1.82) is 0 Å². The lowest BCUT2D eigenvalue weighted by atomic mass is 10.2. The van der Waals surface area contributed by atoms with Gasteiger partial charge in [0.1, 0.15) is 12.4 Å². The lowest BCUT2D eigenvalue weighted by Crippen LogP contribution is -2.33. The minimum Gasteiger partial charge on any atom is -0.337 e. The highest BCUT2D eigenvalue weighted by Gasteiger charge is 2.15. The molecule has 0 saturated heterocycles. The second kappa shape index (κ2) is 7.65. The molecule has 0 atom stereocenters. The fourth-order valence-corrected chi connectivity index (χ4v) is 2.47. The van der Waals surface area contributed by atoms with Crippen molar-refractivity contribution in [2.24, 2.45) is 0 Å². The summed E-state index contributed by atoms with van der Waals surface area (Å²) >= 11 is 0. The predicted molar refractivity (Wildman–Crippen MR) is 90.7 cm³/mol. The third-order valence-corrected chi connectivity index (χ3v) is 3.76. The van der Waals surface area contributed by atoms with Gasteiger partial charge in [0.2, 0.25) is 11.7 Å². The zero-order chi connectivity index (χ0) is 17.6. The van der Waals surface area contributed by atoms with Gasteiger partial charge in [-0.25, -0.2) is 4.39 Å². The van der Waals surface area contributed by atoms with E-state index in [1.54, 1.807) is 17.0 Å². The minimum atomic E-state index is -0.313. The minimum absolute atomic E-state index is 0.0109. The van der Waals surface area contributed by atoms with Gasteiger partial charge in [-0.15, -0.1) is 10.2 Å². The largest absolute Gasteiger partial charge is 0.337 e. The second-order valence-corrected chi connectivity index (χ2v) is 5.55. The molecule has 1 aromatic heterocycles. The lowest BCUT2D eigenvalue weighted by Gasteiger charge is -2.20. The zero-order valence-corrected chi connectivity index (χ0v) is 13.8. The first-order valence-corrected chi connectivity index (χ1v) is 8.01. The first kappa shape index (κ1) is 16.8. The van der Waals surface area contributed by atoms with Gasteiger partial charge in [0.15, 0.2) is 0 Å². The van der Waals surface area contributed by atoms with E-state index < -0.39 is 0 Å². The van der Waals surface area contributed by atoms with Gasteiger partial charge in [-0.05, 0) is 29.8 Å². The van der Waals surface area contributed by atoms with Crippen molar-refractivity contribution in [1.82, 2.24) is 25.1 Å². The summed E-state index contributed by atoms with van der Waals surface area (Å²) in [7, 11) is 0. The molecule has 0 radical (unpaired) electrons. The Morgan fingerprint density at radius 3 is 2.68 bits per heavy atom. The SMILES string of the molecule is CCN(Cc1cccc(F)c1)C(=O)Cn1nnc(-c2ccccc2)n1. The number of tetrazole rings is 1. The Labute approximate surface area is 144 Å². The number of hydrogen-bond acceptors (Lipinski definition) is 4. The summed E-state index contributed by atoms with van der Waals surface area (Å²) in [5, 5.41) is 12.2. The van der Waals surface area contributed by atoms with Crippen LogP contribution in [-0.2, 0) is 17.9 Å². The van der Waals surface area contributed by atoms with Crippen LogP contribution in [0.15, 0.2) is 54.6 Å². The Balaban J connectivity index is 1.67. The van der Waals surface area contributed by atoms with Crippen molar-refractivity contribution in [3.8, 4) is 11.4 Å². The van der Waals surface area contributed by atoms with Crippen molar-refractivity contribution < 1.29 is 9.18 Å². The van der Waals surface area contributed by atoms with E-state index >= 15 is 0 Å². The number of carbonyl (C=O) groups excluding carboxylic acids is 1.